The van der Waals surface area contributed by atoms with E-state index in [1.165, 1.54) is 13.8 Å². The number of esters is 1. The number of rotatable bonds is 29. The summed E-state index contributed by atoms with van der Waals surface area (Å²) in [5.74, 6) is -7.61. The zero-order chi connectivity index (χ0) is 74.5. The van der Waals surface area contributed by atoms with Gasteiger partial charge in [0.15, 0.2) is 17.4 Å². The molecule has 6 unspecified atom stereocenters. The summed E-state index contributed by atoms with van der Waals surface area (Å²) < 4.78 is 80.2. The van der Waals surface area contributed by atoms with Crippen molar-refractivity contribution in [3.63, 3.8) is 0 Å². The highest BCUT2D eigenvalue weighted by molar-refractivity contribution is 7.47. The van der Waals surface area contributed by atoms with Crippen LogP contribution in [-0.4, -0.2) is 225 Å². The predicted molar refractivity (Wildman–Crippen MR) is 367 cm³/mol. The van der Waals surface area contributed by atoms with E-state index in [9.17, 15) is 53.1 Å². The molecule has 0 aromatic heterocycles. The van der Waals surface area contributed by atoms with Crippen LogP contribution in [0.2, 0.25) is 0 Å². The predicted octanol–water partition coefficient (Wildman–Crippen LogP) is 4.34. The van der Waals surface area contributed by atoms with E-state index in [2.05, 4.69) is 47.5 Å². The molecule has 29 nitrogen and oxygen atoms in total. The van der Waals surface area contributed by atoms with Gasteiger partial charge in [-0.25, -0.2) is 9.16 Å². The number of primary amides is 1. The summed E-state index contributed by atoms with van der Waals surface area (Å²) in [4.78, 5) is 132. The van der Waals surface area contributed by atoms with E-state index in [0.29, 0.717) is 48.3 Å². The minimum atomic E-state index is -1.31. The number of ether oxygens (including phenoxy) is 12. The number of aliphatic hydroxyl groups is 1. The summed E-state index contributed by atoms with van der Waals surface area (Å²) in [6.45, 7) is 14.0. The Bertz CT molecular complexity index is 3270. The average molecular weight is 1480 g/mol. The Hall–Kier alpha value is -6.26. The number of hydrogen-bond donors (Lipinski definition) is 4. The quantitative estimate of drug-likeness (QED) is 0.0375. The van der Waals surface area contributed by atoms with Gasteiger partial charge < -0.3 is 83.2 Å². The number of carbonyl (C=O) groups excluding carboxylic acids is 10. The maximum Gasteiger partial charge on any atom is 0.335 e. The van der Waals surface area contributed by atoms with Crippen molar-refractivity contribution < 1.29 is 115 Å². The number of hydrogen-bond acceptors (Lipinski definition) is 26. The van der Waals surface area contributed by atoms with Gasteiger partial charge in [-0.05, 0) is 86.5 Å². The van der Waals surface area contributed by atoms with E-state index in [4.69, 9.17) is 67.4 Å². The van der Waals surface area contributed by atoms with Gasteiger partial charge in [-0.1, -0.05) is 51.3 Å². The van der Waals surface area contributed by atoms with Crippen molar-refractivity contribution in [2.45, 2.75) is 284 Å². The van der Waals surface area contributed by atoms with Gasteiger partial charge in [-0.15, -0.1) is 5.06 Å². The molecule has 574 valence electrons. The fourth-order valence-corrected chi connectivity index (χ4v) is 16.1. The van der Waals surface area contributed by atoms with Crippen molar-refractivity contribution in [2.75, 3.05) is 40.6 Å². The zero-order valence-electron chi connectivity index (χ0n) is 60.2. The first kappa shape index (κ1) is 80.3. The fraction of sp³-hybridized carbons (Fsp3) is 0.730. The van der Waals surface area contributed by atoms with E-state index in [1.807, 2.05) is 0 Å². The van der Waals surface area contributed by atoms with E-state index >= 15 is 0 Å². The first-order valence-corrected chi connectivity index (χ1v) is 37.1. The Morgan fingerprint density at radius 3 is 2.11 bits per heavy atom. The molecule has 1 aromatic rings. The van der Waals surface area contributed by atoms with Gasteiger partial charge >= 0.3 is 11.9 Å². The minimum Gasteiger partial charge on any atom is -0.461 e. The van der Waals surface area contributed by atoms with E-state index in [1.54, 1.807) is 38.4 Å². The molecule has 1 aromatic carbocycles. The largest absolute Gasteiger partial charge is 0.461 e. The molecule has 104 heavy (non-hydrogen) atoms. The molecule has 30 heteroatoms. The summed E-state index contributed by atoms with van der Waals surface area (Å²) in [5.41, 5.74) is 8.65. The molecule has 12 bridgehead atoms. The van der Waals surface area contributed by atoms with Crippen molar-refractivity contribution in [3.8, 4) is 0 Å². The van der Waals surface area contributed by atoms with Crippen LogP contribution in [-0.2, 0) is 135 Å². The van der Waals surface area contributed by atoms with Crippen molar-refractivity contribution in [1.29, 1.82) is 0 Å². The summed E-state index contributed by atoms with van der Waals surface area (Å²) in [5, 5.41) is 17.2. The number of ketones is 3. The van der Waals surface area contributed by atoms with Crippen molar-refractivity contribution in [2.24, 2.45) is 27.9 Å². The molecular formula is C74H103N5O24S. The number of amides is 5. The number of nitrogens with zero attached hydrogens (tertiary/aromatic N) is 2. The normalized spacial score (nSPS) is 33.3. The molecule has 22 atom stereocenters. The number of carbonyl (C=O) groups is 10. The molecule has 12 rings (SSSR count). The number of nitrogens with one attached hydrogen (secondary N) is 2. The van der Waals surface area contributed by atoms with Gasteiger partial charge in [0.05, 0.1) is 118 Å². The zero-order valence-corrected chi connectivity index (χ0v) is 61.0. The highest BCUT2D eigenvalue weighted by atomic mass is 32.1. The lowest BCUT2D eigenvalue weighted by molar-refractivity contribution is -0.292. The third kappa shape index (κ3) is 20.9. The molecule has 11 heterocycles. The third-order valence-corrected chi connectivity index (χ3v) is 21.6. The van der Waals surface area contributed by atoms with Crippen LogP contribution >= 0.6 is 0 Å². The van der Waals surface area contributed by atoms with Gasteiger partial charge in [0.25, 0.3) is 11.8 Å². The number of Topliss-reactive ketones (excluding diaryl/α,β-unsaturated/α-hetero) is 3. The Labute approximate surface area is 611 Å². The summed E-state index contributed by atoms with van der Waals surface area (Å²) >= 11 is 4.02. The van der Waals surface area contributed by atoms with E-state index < -0.39 is 126 Å². The summed E-state index contributed by atoms with van der Waals surface area (Å²) in [6.07, 6.45) is 0.0581. The van der Waals surface area contributed by atoms with Gasteiger partial charge in [0, 0.05) is 115 Å². The highest BCUT2D eigenvalue weighted by Crippen LogP contribution is 2.55. The second kappa shape index (κ2) is 37.0. The van der Waals surface area contributed by atoms with Gasteiger partial charge in [0.2, 0.25) is 17.7 Å². The van der Waals surface area contributed by atoms with Crippen LogP contribution in [0, 0.1) is 17.8 Å². The number of methoxy groups -OCH3 is 1. The lowest BCUT2D eigenvalue weighted by Gasteiger charge is -2.47. The highest BCUT2D eigenvalue weighted by Gasteiger charge is 2.69. The fourth-order valence-electron chi connectivity index (χ4n) is 16.1. The Morgan fingerprint density at radius 2 is 1.38 bits per heavy atom. The van der Waals surface area contributed by atoms with E-state index in [0.717, 1.165) is 43.3 Å². The second-order valence-electron chi connectivity index (χ2n) is 29.4. The minimum absolute atomic E-state index is 0.00222. The second-order valence-corrected chi connectivity index (χ2v) is 29.8. The number of aliphatic hydroxyl groups excluding tert-OH is 1. The molecule has 11 aliphatic rings. The number of fused-ring (bicyclic) bond motifs is 6. The summed E-state index contributed by atoms with van der Waals surface area (Å²) in [6, 6.07) is 4.35. The van der Waals surface area contributed by atoms with Crippen LogP contribution in [0.25, 0.3) is 0 Å². The van der Waals surface area contributed by atoms with Crippen molar-refractivity contribution >= 4 is 71.2 Å². The van der Waals surface area contributed by atoms with Gasteiger partial charge in [-0.2, -0.15) is 0 Å². The molecule has 11 saturated heterocycles. The monoisotopic (exact) mass is 1480 g/mol. The third-order valence-electron chi connectivity index (χ3n) is 21.6. The van der Waals surface area contributed by atoms with Crippen LogP contribution in [0.3, 0.4) is 0 Å². The van der Waals surface area contributed by atoms with Gasteiger partial charge in [0.1, 0.15) is 42.9 Å². The van der Waals surface area contributed by atoms with Crippen LogP contribution in [0.4, 0.5) is 0 Å². The molecular weight excluding hydrogens is 1370 g/mol. The smallest absolute Gasteiger partial charge is 0.335 e. The molecule has 0 saturated carbocycles. The molecule has 5 N–H and O–H groups in total. The molecule has 1 spiro atoms. The Kier molecular flexibility index (Phi) is 28.6. The molecule has 11 fully saturated rings. The van der Waals surface area contributed by atoms with Crippen LogP contribution in [0.5, 0.6) is 0 Å². The topological polar surface area (TPSA) is 377 Å². The standard InChI is InChI=1S/C73H100N4O24.CH3NS/c1-38-27-47-12-14-54-39(2)28-49(93-54)19-22-73-36-59-68(99-73)69-70(98-59)71(100-73)67-55(97-69)15-13-48(95-67)31-46(79)32-50-57(35-56(94-47)41(38)4)96-58(66(50)89-6)33-45(78)11-18-64(86)92-37-44-9-7-43(8-10-44)30-53(81)51(34-60(74)82)76-72(88)40(3)29-52(80)42(5)75-61(83)20-23-90-25-26-91-24-21-65(87)101-77-62(84)16-17-63(77)85;1-2-3/h7-10,38,40,42,45,47-51,54-59,66-71,78H,2,4,11-37H2,1,3,5-6H3,(H2,74,82)(H,75,83)(H,76,88);1H3/t38-,40-,42+,45-,47?,48?,49?,50+,51+,54+,55+,56-,57+,58?,59?,66-,67+,68?,69+,70-,71+,73+;/m1./s1. The maximum absolute atomic E-state index is 14.5. The number of benzene rings is 1. The maximum atomic E-state index is 14.5. The molecule has 11 aliphatic heterocycles. The van der Waals surface area contributed by atoms with Gasteiger partial charge in [-0.3, -0.25) is 43.2 Å². The van der Waals surface area contributed by atoms with Crippen LogP contribution < -0.4 is 16.4 Å². The summed E-state index contributed by atoms with van der Waals surface area (Å²) in [7, 11) is 3.15. The lowest BCUT2D eigenvalue weighted by atomic mass is 9.81. The van der Waals surface area contributed by atoms with Crippen molar-refractivity contribution in [3.05, 3.63) is 59.7 Å². The Morgan fingerprint density at radius 1 is 0.721 bits per heavy atom. The number of hydroxylamine groups is 2. The average Bonchev–Trinajstić information content (AvgIpc) is 1.55. The molecule has 5 amide bonds. The first-order chi connectivity index (χ1) is 49.8. The van der Waals surface area contributed by atoms with Crippen LogP contribution in [0.1, 0.15) is 167 Å². The van der Waals surface area contributed by atoms with E-state index in [-0.39, 0.29) is 176 Å². The number of imide groups is 1. The van der Waals surface area contributed by atoms with Crippen molar-refractivity contribution in [1.82, 2.24) is 15.7 Å². The molecule has 0 aliphatic carbocycles. The Balaban J connectivity index is 0.00000380. The molecule has 0 radical (unpaired) electrons. The number of nitrogens with two attached hydrogens (primary N) is 1. The van der Waals surface area contributed by atoms with Crippen LogP contribution in [0.15, 0.2) is 52.9 Å². The SMILES string of the molecule is C=C1CC2CC[C@@]34CC5O[C@H]6[C@@H](O3)[C@H]3OC(CC[C@@H]3O[C@H]6C5O4)CC(=O)C[C@H]3[C@H](C[C@H]4OC(CC[C@@H]1O2)C[C@@H](C)C4=C)OC(C[C@H](O)CCC(=O)OCc1ccc(CC(=O)[C@H](CC(N)=O)NC(=O)[C@H](C)CC(=O)[C@H](C)NC(=O)CCOCCOCCC(=O)ON2C(=O)CCC2=O)cc1)[C@@H]3OC.CN=S. The lowest BCUT2D eigenvalue weighted by Crippen LogP contribution is -2.61. The first-order valence-electron chi connectivity index (χ1n) is 36.8.